The summed E-state index contributed by atoms with van der Waals surface area (Å²) in [4.78, 5) is 14.9. The van der Waals surface area contributed by atoms with E-state index in [-0.39, 0.29) is 0 Å². The van der Waals surface area contributed by atoms with E-state index in [4.69, 9.17) is 19.7 Å². The van der Waals surface area contributed by atoms with Gasteiger partial charge in [0.05, 0.1) is 5.41 Å². The van der Waals surface area contributed by atoms with Crippen molar-refractivity contribution in [2.24, 2.45) is 0 Å². The monoisotopic (exact) mass is 739 g/mol. The van der Waals surface area contributed by atoms with Gasteiger partial charge in [0.1, 0.15) is 11.5 Å². The van der Waals surface area contributed by atoms with Gasteiger partial charge >= 0.3 is 0 Å². The van der Waals surface area contributed by atoms with Crippen LogP contribution in [0.1, 0.15) is 22.3 Å². The van der Waals surface area contributed by atoms with E-state index in [2.05, 4.69) is 140 Å². The quantitative estimate of drug-likeness (QED) is 0.180. The average molecular weight is 740 g/mol. The molecule has 2 heterocycles. The molecule has 0 fully saturated rings. The van der Waals surface area contributed by atoms with Crippen molar-refractivity contribution in [2.45, 2.75) is 5.41 Å². The molecule has 0 unspecified atom stereocenters. The number of fused-ring (bicyclic) bond motifs is 13. The van der Waals surface area contributed by atoms with Gasteiger partial charge in [0.25, 0.3) is 0 Å². The second-order valence-corrected chi connectivity index (χ2v) is 15.1. The van der Waals surface area contributed by atoms with Crippen LogP contribution in [-0.2, 0) is 5.41 Å². The van der Waals surface area contributed by atoms with E-state index in [1.54, 1.807) is 0 Å². The molecule has 9 aromatic carbocycles. The number of hydrogen-bond donors (Lipinski definition) is 0. The van der Waals surface area contributed by atoms with Crippen molar-refractivity contribution in [3.05, 3.63) is 222 Å². The van der Waals surface area contributed by atoms with Crippen molar-refractivity contribution >= 4 is 21.5 Å². The number of ether oxygens (including phenoxy) is 1. The van der Waals surface area contributed by atoms with Crippen LogP contribution in [0.5, 0.6) is 11.5 Å². The molecule has 1 aromatic heterocycles. The van der Waals surface area contributed by atoms with Crippen molar-refractivity contribution in [3.63, 3.8) is 0 Å². The predicted molar refractivity (Wildman–Crippen MR) is 234 cm³/mol. The number of rotatable bonds is 4. The first-order chi connectivity index (χ1) is 28.7. The smallest absolute Gasteiger partial charge is 0.164 e. The van der Waals surface area contributed by atoms with Gasteiger partial charge in [0, 0.05) is 38.6 Å². The number of benzene rings is 9. The first-order valence-corrected chi connectivity index (χ1v) is 19.7. The Morgan fingerprint density at radius 1 is 0.310 bits per heavy atom. The number of aromatic nitrogens is 3. The molecule has 4 nitrogen and oxygen atoms in total. The normalized spacial score (nSPS) is 13.1. The third kappa shape index (κ3) is 4.79. The highest BCUT2D eigenvalue weighted by molar-refractivity contribution is 6.00. The third-order valence-electron chi connectivity index (χ3n) is 12.0. The third-order valence-corrected chi connectivity index (χ3v) is 12.0. The van der Waals surface area contributed by atoms with E-state index >= 15 is 0 Å². The molecule has 270 valence electrons. The average Bonchev–Trinajstić information content (AvgIpc) is 3.59. The summed E-state index contributed by atoms with van der Waals surface area (Å²) in [6, 6.07) is 71.0. The van der Waals surface area contributed by atoms with E-state index in [1.165, 1.54) is 22.3 Å². The van der Waals surface area contributed by atoms with Gasteiger partial charge in [0.2, 0.25) is 0 Å². The summed E-state index contributed by atoms with van der Waals surface area (Å²) in [5.74, 6) is 3.77. The molecule has 0 atom stereocenters. The minimum Gasteiger partial charge on any atom is -0.455 e. The Morgan fingerprint density at radius 3 is 1.34 bits per heavy atom. The Balaban J connectivity index is 1.05. The Hall–Kier alpha value is -7.69. The zero-order valence-electron chi connectivity index (χ0n) is 31.3. The molecule has 0 saturated carbocycles. The number of hydrogen-bond acceptors (Lipinski definition) is 4. The standard InChI is InChI=1S/C54H33N3O/c1-3-15-37(16-4-1)51-55-52(38-17-5-2-6-18-38)57-53(56-51)39-25-23-34(24-26-39)40-27-30-44-43-21-11-12-22-45(43)54(48(44)33-40)46-31-28-35-13-7-9-19-41(35)49(46)58-50-42-20-10-8-14-36(42)29-32-47(50)54/h1-33H. The highest BCUT2D eigenvalue weighted by Gasteiger charge is 2.51. The van der Waals surface area contributed by atoms with Crippen molar-refractivity contribution in [3.8, 4) is 67.9 Å². The van der Waals surface area contributed by atoms with Gasteiger partial charge in [-0.05, 0) is 50.2 Å². The molecular formula is C54H33N3O. The summed E-state index contributed by atoms with van der Waals surface area (Å²) in [5, 5.41) is 4.54. The zero-order chi connectivity index (χ0) is 38.2. The van der Waals surface area contributed by atoms with Gasteiger partial charge in [-0.3, -0.25) is 0 Å². The van der Waals surface area contributed by atoms with Crippen molar-refractivity contribution in [1.82, 2.24) is 15.0 Å². The van der Waals surface area contributed by atoms with Crippen LogP contribution < -0.4 is 4.74 Å². The molecule has 0 radical (unpaired) electrons. The van der Waals surface area contributed by atoms with Crippen LogP contribution in [0, 0.1) is 0 Å². The maximum absolute atomic E-state index is 7.15. The van der Waals surface area contributed by atoms with E-state index < -0.39 is 5.41 Å². The minimum absolute atomic E-state index is 0.606. The largest absolute Gasteiger partial charge is 0.455 e. The minimum atomic E-state index is -0.606. The number of nitrogens with zero attached hydrogens (tertiary/aromatic N) is 3. The zero-order valence-corrected chi connectivity index (χ0v) is 31.3. The molecule has 0 amide bonds. The predicted octanol–water partition coefficient (Wildman–Crippen LogP) is 13.3. The maximum atomic E-state index is 7.15. The van der Waals surface area contributed by atoms with Crippen LogP contribution in [0.2, 0.25) is 0 Å². The lowest BCUT2D eigenvalue weighted by Crippen LogP contribution is -2.32. The highest BCUT2D eigenvalue weighted by Crippen LogP contribution is 2.64. The van der Waals surface area contributed by atoms with Gasteiger partial charge < -0.3 is 4.74 Å². The molecule has 0 saturated heterocycles. The van der Waals surface area contributed by atoms with Gasteiger partial charge in [-0.2, -0.15) is 0 Å². The topological polar surface area (TPSA) is 47.9 Å². The van der Waals surface area contributed by atoms with E-state index in [1.807, 2.05) is 60.7 Å². The first kappa shape index (κ1) is 32.5. The van der Waals surface area contributed by atoms with Gasteiger partial charge in [0.15, 0.2) is 17.5 Å². The Morgan fingerprint density at radius 2 is 0.759 bits per heavy atom. The summed E-state index contributed by atoms with van der Waals surface area (Å²) in [6.07, 6.45) is 0. The summed E-state index contributed by atoms with van der Waals surface area (Å²) >= 11 is 0. The van der Waals surface area contributed by atoms with Crippen molar-refractivity contribution < 1.29 is 4.74 Å². The van der Waals surface area contributed by atoms with Crippen LogP contribution >= 0.6 is 0 Å². The lowest BCUT2D eigenvalue weighted by molar-refractivity contribution is 0.447. The van der Waals surface area contributed by atoms with E-state index in [0.29, 0.717) is 17.5 Å². The lowest BCUT2D eigenvalue weighted by atomic mass is 9.65. The maximum Gasteiger partial charge on any atom is 0.164 e. The second-order valence-electron chi connectivity index (χ2n) is 15.1. The van der Waals surface area contributed by atoms with Crippen molar-refractivity contribution in [1.29, 1.82) is 0 Å². The molecule has 0 bridgehead atoms. The van der Waals surface area contributed by atoms with Crippen LogP contribution in [0.3, 0.4) is 0 Å². The van der Waals surface area contributed by atoms with Crippen LogP contribution in [0.15, 0.2) is 200 Å². The fourth-order valence-corrected chi connectivity index (χ4v) is 9.33. The summed E-state index contributed by atoms with van der Waals surface area (Å²) < 4.78 is 7.15. The van der Waals surface area contributed by atoms with Crippen LogP contribution in [0.4, 0.5) is 0 Å². The molecule has 12 rings (SSSR count). The molecular weight excluding hydrogens is 707 g/mol. The molecule has 10 aromatic rings. The fourth-order valence-electron chi connectivity index (χ4n) is 9.33. The van der Waals surface area contributed by atoms with Gasteiger partial charge in [-0.1, -0.05) is 194 Å². The Labute approximate surface area is 335 Å². The summed E-state index contributed by atoms with van der Waals surface area (Å²) in [7, 11) is 0. The molecule has 0 N–H and O–H groups in total. The van der Waals surface area contributed by atoms with E-state index in [0.717, 1.165) is 72.0 Å². The molecule has 1 aliphatic heterocycles. The molecule has 1 aliphatic carbocycles. The Kier molecular flexibility index (Phi) is 7.11. The fraction of sp³-hybridized carbons (Fsp3) is 0.0185. The SMILES string of the molecule is c1ccc(-c2nc(-c3ccccc3)nc(-c3ccc(-c4ccc5c(c4)C4(c6ccccc6-5)c5ccc6ccccc6c5Oc5c4ccc4ccccc54)cc3)n2)cc1. The Bertz CT molecular complexity index is 3110. The second kappa shape index (κ2) is 12.7. The van der Waals surface area contributed by atoms with Gasteiger partial charge in [-0.15, -0.1) is 0 Å². The molecule has 4 heteroatoms. The van der Waals surface area contributed by atoms with Crippen molar-refractivity contribution in [2.75, 3.05) is 0 Å². The molecule has 2 aliphatic rings. The summed E-state index contributed by atoms with van der Waals surface area (Å²) in [6.45, 7) is 0. The van der Waals surface area contributed by atoms with Crippen LogP contribution in [-0.4, -0.2) is 15.0 Å². The molecule has 58 heavy (non-hydrogen) atoms. The van der Waals surface area contributed by atoms with E-state index in [9.17, 15) is 0 Å². The van der Waals surface area contributed by atoms with Crippen LogP contribution in [0.25, 0.3) is 78.0 Å². The molecule has 1 spiro atoms. The lowest BCUT2D eigenvalue weighted by Gasteiger charge is -2.40. The summed E-state index contributed by atoms with van der Waals surface area (Å²) in [5.41, 5.74) is 11.8. The first-order valence-electron chi connectivity index (χ1n) is 19.7. The van der Waals surface area contributed by atoms with Gasteiger partial charge in [-0.25, -0.2) is 15.0 Å². The highest BCUT2D eigenvalue weighted by atomic mass is 16.5.